The van der Waals surface area contributed by atoms with E-state index < -0.39 is 5.60 Å². The van der Waals surface area contributed by atoms with Crippen molar-refractivity contribution >= 4 is 17.8 Å². The number of aromatic nitrogens is 3. The normalized spacial score (nSPS) is 19.6. The van der Waals surface area contributed by atoms with Crippen molar-refractivity contribution in [2.45, 2.75) is 31.9 Å². The lowest BCUT2D eigenvalue weighted by Crippen LogP contribution is -2.39. The van der Waals surface area contributed by atoms with E-state index in [4.69, 9.17) is 10.5 Å². The van der Waals surface area contributed by atoms with Gasteiger partial charge in [-0.2, -0.15) is 0 Å². The molecule has 0 saturated carbocycles. The first kappa shape index (κ1) is 17.4. The fraction of sp³-hybridized carbons (Fsp3) is 0.316. The zero-order valence-electron chi connectivity index (χ0n) is 15.1. The molecule has 8 heteroatoms. The second-order valence-electron chi connectivity index (χ2n) is 7.07. The van der Waals surface area contributed by atoms with Gasteiger partial charge in [0, 0.05) is 24.1 Å². The molecular weight excluding hydrogens is 349 g/mol. The van der Waals surface area contributed by atoms with Crippen LogP contribution in [0.5, 0.6) is 5.75 Å². The summed E-state index contributed by atoms with van der Waals surface area (Å²) < 4.78 is 21.7. The number of benzene rings is 1. The summed E-state index contributed by atoms with van der Waals surface area (Å²) in [6, 6.07) is 6.21. The summed E-state index contributed by atoms with van der Waals surface area (Å²) >= 11 is 0. The first-order valence-electron chi connectivity index (χ1n) is 8.70. The van der Waals surface area contributed by atoms with Crippen LogP contribution in [0.2, 0.25) is 0 Å². The van der Waals surface area contributed by atoms with Gasteiger partial charge in [-0.15, -0.1) is 5.10 Å². The topological polar surface area (TPSA) is 94.5 Å². The Morgan fingerprint density at radius 3 is 3.04 bits per heavy atom. The molecule has 1 aromatic carbocycles. The van der Waals surface area contributed by atoms with Crippen LogP contribution in [-0.4, -0.2) is 33.0 Å². The Bertz CT molecular complexity index is 1030. The van der Waals surface area contributed by atoms with Crippen molar-refractivity contribution < 1.29 is 13.9 Å². The highest BCUT2D eigenvalue weighted by molar-refractivity contribution is 5.73. The molecule has 0 spiro atoms. The number of nitrogens with zero attached hydrogens (tertiary/aromatic N) is 3. The lowest BCUT2D eigenvalue weighted by Gasteiger charge is -2.23. The average Bonchev–Trinajstić information content (AvgIpc) is 3.21. The number of hydrogen-bond acceptors (Lipinski definition) is 6. The molecule has 0 bridgehead atoms. The Morgan fingerprint density at radius 1 is 1.48 bits per heavy atom. The molecule has 1 aliphatic rings. The number of nitrogens with two attached hydrogens (primary N) is 1. The van der Waals surface area contributed by atoms with Crippen LogP contribution in [0.15, 0.2) is 30.5 Å². The second-order valence-corrected chi connectivity index (χ2v) is 7.07. The van der Waals surface area contributed by atoms with Gasteiger partial charge in [-0.3, -0.25) is 4.79 Å². The number of ether oxygens (including phenoxy) is 1. The number of halogens is 1. The van der Waals surface area contributed by atoms with E-state index in [2.05, 4.69) is 15.4 Å². The van der Waals surface area contributed by atoms with E-state index in [0.29, 0.717) is 47.7 Å². The van der Waals surface area contributed by atoms with Gasteiger partial charge in [-0.1, -0.05) is 0 Å². The molecule has 140 valence electrons. The third-order valence-electron chi connectivity index (χ3n) is 4.84. The van der Waals surface area contributed by atoms with E-state index in [1.165, 1.54) is 22.8 Å². The zero-order valence-corrected chi connectivity index (χ0v) is 15.1. The van der Waals surface area contributed by atoms with Crippen LogP contribution in [-0.2, 0) is 6.42 Å². The van der Waals surface area contributed by atoms with Crippen LogP contribution in [0.4, 0.5) is 10.2 Å². The average molecular weight is 369 g/mol. The maximum absolute atomic E-state index is 14.2. The standard InChI is InChI=1S/C19H20FN5O2/c1-11(23-16-3-4-17-22-8-14(9-26)25(17)24-16)15-6-13(20)5-12-7-19(2,10-21)27-18(12)15/h3-6,8-9,11H,7,10,21H2,1-2H3,(H,23,24)/t11-,19-/m1/s1. The van der Waals surface area contributed by atoms with Crippen LogP contribution >= 0.6 is 0 Å². The molecular formula is C19H20FN5O2. The summed E-state index contributed by atoms with van der Waals surface area (Å²) in [7, 11) is 0. The lowest BCUT2D eigenvalue weighted by atomic mass is 9.97. The third kappa shape index (κ3) is 3.02. The maximum Gasteiger partial charge on any atom is 0.170 e. The van der Waals surface area contributed by atoms with Gasteiger partial charge in [0.15, 0.2) is 11.9 Å². The Morgan fingerprint density at radius 2 is 2.30 bits per heavy atom. The minimum Gasteiger partial charge on any atom is -0.485 e. The van der Waals surface area contributed by atoms with E-state index in [1.807, 2.05) is 13.8 Å². The number of carbonyl (C=O) groups excluding carboxylic acids is 1. The van der Waals surface area contributed by atoms with E-state index in [-0.39, 0.29) is 11.9 Å². The summed E-state index contributed by atoms with van der Waals surface area (Å²) in [4.78, 5) is 15.2. The predicted molar refractivity (Wildman–Crippen MR) is 98.6 cm³/mol. The highest BCUT2D eigenvalue weighted by Crippen LogP contribution is 2.41. The molecule has 4 rings (SSSR count). The summed E-state index contributed by atoms with van der Waals surface area (Å²) in [5.74, 6) is 0.888. The molecule has 7 nitrogen and oxygen atoms in total. The van der Waals surface area contributed by atoms with Crippen molar-refractivity contribution in [3.05, 3.63) is 53.1 Å². The lowest BCUT2D eigenvalue weighted by molar-refractivity contribution is 0.111. The number of anilines is 1. The van der Waals surface area contributed by atoms with Crippen molar-refractivity contribution in [1.29, 1.82) is 0 Å². The van der Waals surface area contributed by atoms with Gasteiger partial charge in [-0.25, -0.2) is 13.9 Å². The van der Waals surface area contributed by atoms with Gasteiger partial charge >= 0.3 is 0 Å². The number of fused-ring (bicyclic) bond motifs is 2. The first-order chi connectivity index (χ1) is 12.9. The minimum absolute atomic E-state index is 0.275. The highest BCUT2D eigenvalue weighted by Gasteiger charge is 2.36. The Kier molecular flexibility index (Phi) is 4.07. The number of carbonyl (C=O) groups is 1. The van der Waals surface area contributed by atoms with Gasteiger partial charge in [0.25, 0.3) is 0 Å². The molecule has 2 aromatic heterocycles. The highest BCUT2D eigenvalue weighted by atomic mass is 19.1. The third-order valence-corrected chi connectivity index (χ3v) is 4.84. The van der Waals surface area contributed by atoms with Crippen LogP contribution in [0, 0.1) is 5.82 Å². The number of rotatable bonds is 5. The first-order valence-corrected chi connectivity index (χ1v) is 8.70. The van der Waals surface area contributed by atoms with Crippen LogP contribution in [0.3, 0.4) is 0 Å². The van der Waals surface area contributed by atoms with Gasteiger partial charge in [0.1, 0.15) is 28.7 Å². The summed E-state index contributed by atoms with van der Waals surface area (Å²) in [5, 5.41) is 7.63. The van der Waals surface area contributed by atoms with Crippen LogP contribution < -0.4 is 15.8 Å². The number of nitrogens with one attached hydrogen (secondary N) is 1. The molecule has 0 radical (unpaired) electrons. The van der Waals surface area contributed by atoms with Gasteiger partial charge in [-0.05, 0) is 38.1 Å². The Balaban J connectivity index is 1.67. The molecule has 0 unspecified atom stereocenters. The molecule has 27 heavy (non-hydrogen) atoms. The Hall–Kier alpha value is -3.00. The molecule has 3 N–H and O–H groups in total. The van der Waals surface area contributed by atoms with Crippen molar-refractivity contribution in [3.63, 3.8) is 0 Å². The second kappa shape index (κ2) is 6.31. The largest absolute Gasteiger partial charge is 0.485 e. The number of aldehydes is 1. The molecule has 3 aromatic rings. The number of imidazole rings is 1. The molecule has 2 atom stereocenters. The van der Waals surface area contributed by atoms with Crippen LogP contribution in [0.25, 0.3) is 5.65 Å². The van der Waals surface area contributed by atoms with Gasteiger partial charge < -0.3 is 15.8 Å². The van der Waals surface area contributed by atoms with Crippen molar-refractivity contribution in [2.24, 2.45) is 5.73 Å². The molecule has 0 saturated heterocycles. The van der Waals surface area contributed by atoms with Crippen molar-refractivity contribution in [3.8, 4) is 5.75 Å². The van der Waals surface area contributed by atoms with Crippen molar-refractivity contribution in [2.75, 3.05) is 11.9 Å². The monoisotopic (exact) mass is 369 g/mol. The molecule has 1 aliphatic heterocycles. The maximum atomic E-state index is 14.2. The predicted octanol–water partition coefficient (Wildman–Crippen LogP) is 2.51. The zero-order chi connectivity index (χ0) is 19.2. The fourth-order valence-corrected chi connectivity index (χ4v) is 3.40. The number of hydrogen-bond donors (Lipinski definition) is 2. The van der Waals surface area contributed by atoms with E-state index >= 15 is 0 Å². The van der Waals surface area contributed by atoms with E-state index in [9.17, 15) is 9.18 Å². The quantitative estimate of drug-likeness (QED) is 0.671. The van der Waals surface area contributed by atoms with Gasteiger partial charge in [0.05, 0.1) is 12.2 Å². The van der Waals surface area contributed by atoms with E-state index in [1.54, 1.807) is 12.1 Å². The smallest absolute Gasteiger partial charge is 0.170 e. The summed E-state index contributed by atoms with van der Waals surface area (Å²) in [5.41, 5.74) is 7.74. The molecule has 0 amide bonds. The summed E-state index contributed by atoms with van der Waals surface area (Å²) in [6.07, 6.45) is 2.73. The minimum atomic E-state index is -0.530. The summed E-state index contributed by atoms with van der Waals surface area (Å²) in [6.45, 7) is 4.16. The van der Waals surface area contributed by atoms with Crippen molar-refractivity contribution in [1.82, 2.24) is 14.6 Å². The molecule has 0 fully saturated rings. The van der Waals surface area contributed by atoms with Crippen LogP contribution in [0.1, 0.15) is 41.5 Å². The van der Waals surface area contributed by atoms with E-state index in [0.717, 1.165) is 5.56 Å². The SMILES string of the molecule is C[C@@H](Nc1ccc2ncc(C=O)n2n1)c1cc(F)cc2c1O[C@@](C)(CN)C2. The van der Waals surface area contributed by atoms with Gasteiger partial charge in [0.2, 0.25) is 0 Å². The fourth-order valence-electron chi connectivity index (χ4n) is 3.40. The Labute approximate surface area is 155 Å². The molecule has 0 aliphatic carbocycles. The molecule has 3 heterocycles.